The lowest BCUT2D eigenvalue weighted by Crippen LogP contribution is -2.43. The maximum atomic E-state index is 13.2. The number of carbonyl (C=O) groups is 2. The zero-order chi connectivity index (χ0) is 17.8. The summed E-state index contributed by atoms with van der Waals surface area (Å²) in [5, 5.41) is 2.95. The number of likely N-dealkylation sites (tertiary alicyclic amines) is 1. The van der Waals surface area contributed by atoms with Gasteiger partial charge in [0, 0.05) is 39.6 Å². The van der Waals surface area contributed by atoms with Gasteiger partial charge in [0.1, 0.15) is 5.82 Å². The quantitative estimate of drug-likeness (QED) is 0.854. The molecule has 2 aliphatic rings. The lowest BCUT2D eigenvalue weighted by molar-refractivity contribution is -0.128. The van der Waals surface area contributed by atoms with E-state index in [1.807, 2.05) is 0 Å². The Bertz CT molecular complexity index is 616. The summed E-state index contributed by atoms with van der Waals surface area (Å²) in [6.45, 7) is 4.51. The second-order valence-electron chi connectivity index (χ2n) is 6.56. The first-order valence-electron chi connectivity index (χ1n) is 8.65. The first-order valence-corrected chi connectivity index (χ1v) is 8.65. The largest absolute Gasteiger partial charge is 0.379 e. The summed E-state index contributed by atoms with van der Waals surface area (Å²) in [7, 11) is 1.69. The number of benzene rings is 1. The average Bonchev–Trinajstić information content (AvgIpc) is 2.92. The van der Waals surface area contributed by atoms with Gasteiger partial charge in [-0.2, -0.15) is 0 Å². The molecule has 0 spiro atoms. The number of amides is 2. The average molecular weight is 349 g/mol. The molecule has 2 atom stereocenters. The van der Waals surface area contributed by atoms with Crippen molar-refractivity contribution in [2.75, 3.05) is 46.4 Å². The minimum Gasteiger partial charge on any atom is -0.379 e. The molecule has 0 unspecified atom stereocenters. The highest BCUT2D eigenvalue weighted by Gasteiger charge is 2.42. The highest BCUT2D eigenvalue weighted by molar-refractivity contribution is 5.90. The molecule has 1 N–H and O–H groups in total. The summed E-state index contributed by atoms with van der Waals surface area (Å²) in [6, 6.07) is 5.65. The van der Waals surface area contributed by atoms with Crippen molar-refractivity contribution in [1.29, 1.82) is 0 Å². The standard InChI is InChI=1S/C18H24FN3O3/c1-21-16(23)12-15(17(21)13-2-4-14(19)5-3-13)18(24)20-6-7-22-8-10-25-11-9-22/h2-5,15,17H,6-12H2,1H3,(H,20,24)/t15-,17+/m0/s1. The van der Waals surface area contributed by atoms with Crippen LogP contribution in [0, 0.1) is 11.7 Å². The van der Waals surface area contributed by atoms with Gasteiger partial charge in [-0.3, -0.25) is 14.5 Å². The van der Waals surface area contributed by atoms with Gasteiger partial charge in [-0.25, -0.2) is 4.39 Å². The minimum atomic E-state index is -0.451. The zero-order valence-corrected chi connectivity index (χ0v) is 14.4. The van der Waals surface area contributed by atoms with Crippen molar-refractivity contribution >= 4 is 11.8 Å². The summed E-state index contributed by atoms with van der Waals surface area (Å²) in [4.78, 5) is 28.6. The molecule has 3 rings (SSSR count). The maximum absolute atomic E-state index is 13.2. The van der Waals surface area contributed by atoms with E-state index in [-0.39, 0.29) is 30.1 Å². The van der Waals surface area contributed by atoms with E-state index in [2.05, 4.69) is 10.2 Å². The molecule has 0 radical (unpaired) electrons. The SMILES string of the molecule is CN1C(=O)C[C@H](C(=O)NCCN2CCOCC2)[C@H]1c1ccc(F)cc1. The Morgan fingerprint density at radius 1 is 1.28 bits per heavy atom. The van der Waals surface area contributed by atoms with Gasteiger partial charge in [0.15, 0.2) is 0 Å². The zero-order valence-electron chi connectivity index (χ0n) is 14.4. The van der Waals surface area contributed by atoms with Gasteiger partial charge in [-0.05, 0) is 17.7 Å². The van der Waals surface area contributed by atoms with Crippen LogP contribution in [0.1, 0.15) is 18.0 Å². The molecular formula is C18H24FN3O3. The third-order valence-corrected chi connectivity index (χ3v) is 4.97. The Morgan fingerprint density at radius 2 is 1.96 bits per heavy atom. The second kappa shape index (κ2) is 7.93. The van der Waals surface area contributed by atoms with Crippen LogP contribution in [-0.2, 0) is 14.3 Å². The van der Waals surface area contributed by atoms with Crippen LogP contribution in [0.25, 0.3) is 0 Å². The van der Waals surface area contributed by atoms with E-state index in [1.165, 1.54) is 12.1 Å². The fraction of sp³-hybridized carbons (Fsp3) is 0.556. The predicted molar refractivity (Wildman–Crippen MR) is 90.3 cm³/mol. The number of ether oxygens (including phenoxy) is 1. The number of rotatable bonds is 5. The van der Waals surface area contributed by atoms with E-state index in [1.54, 1.807) is 24.1 Å². The molecule has 7 heteroatoms. The first kappa shape index (κ1) is 17.8. The van der Waals surface area contributed by atoms with Gasteiger partial charge in [0.05, 0.1) is 25.2 Å². The van der Waals surface area contributed by atoms with Gasteiger partial charge >= 0.3 is 0 Å². The summed E-state index contributed by atoms with van der Waals surface area (Å²) in [5.41, 5.74) is 0.781. The number of hydrogen-bond acceptors (Lipinski definition) is 4. The Morgan fingerprint density at radius 3 is 2.64 bits per heavy atom. The van der Waals surface area contributed by atoms with Crippen LogP contribution >= 0.6 is 0 Å². The smallest absolute Gasteiger partial charge is 0.226 e. The molecule has 2 heterocycles. The Hall–Kier alpha value is -1.99. The Kier molecular flexibility index (Phi) is 5.65. The van der Waals surface area contributed by atoms with Crippen LogP contribution in [0.3, 0.4) is 0 Å². The number of hydrogen-bond donors (Lipinski definition) is 1. The van der Waals surface area contributed by atoms with Gasteiger partial charge in [0.25, 0.3) is 0 Å². The molecule has 2 saturated heterocycles. The Balaban J connectivity index is 1.61. The van der Waals surface area contributed by atoms with Crippen molar-refractivity contribution in [3.8, 4) is 0 Å². The fourth-order valence-electron chi connectivity index (χ4n) is 3.51. The van der Waals surface area contributed by atoms with Crippen molar-refractivity contribution in [1.82, 2.24) is 15.1 Å². The highest BCUT2D eigenvalue weighted by Crippen LogP contribution is 2.37. The molecule has 25 heavy (non-hydrogen) atoms. The second-order valence-corrected chi connectivity index (χ2v) is 6.56. The number of morpholine rings is 1. The summed E-state index contributed by atoms with van der Waals surface area (Å²) in [6.07, 6.45) is 0.182. The molecule has 1 aromatic carbocycles. The number of carbonyl (C=O) groups excluding carboxylic acids is 2. The summed E-state index contributed by atoms with van der Waals surface area (Å²) >= 11 is 0. The lowest BCUT2D eigenvalue weighted by atomic mass is 9.93. The molecule has 1 aromatic rings. The van der Waals surface area contributed by atoms with Crippen LogP contribution in [0.4, 0.5) is 4.39 Å². The van der Waals surface area contributed by atoms with Gasteiger partial charge in [-0.15, -0.1) is 0 Å². The van der Waals surface area contributed by atoms with E-state index in [9.17, 15) is 14.0 Å². The van der Waals surface area contributed by atoms with Crippen molar-refractivity contribution in [2.45, 2.75) is 12.5 Å². The minimum absolute atomic E-state index is 0.0670. The molecule has 136 valence electrons. The van der Waals surface area contributed by atoms with E-state index in [0.717, 1.165) is 38.4 Å². The number of nitrogens with one attached hydrogen (secondary N) is 1. The molecule has 0 bridgehead atoms. The number of nitrogens with zero attached hydrogens (tertiary/aromatic N) is 2. The van der Waals surface area contributed by atoms with E-state index in [4.69, 9.17) is 4.74 Å². The normalized spacial score (nSPS) is 24.6. The van der Waals surface area contributed by atoms with Gasteiger partial charge in [-0.1, -0.05) is 12.1 Å². The van der Waals surface area contributed by atoms with E-state index >= 15 is 0 Å². The summed E-state index contributed by atoms with van der Waals surface area (Å²) in [5.74, 6) is -0.974. The van der Waals surface area contributed by atoms with E-state index < -0.39 is 5.92 Å². The monoisotopic (exact) mass is 349 g/mol. The molecule has 6 nitrogen and oxygen atoms in total. The maximum Gasteiger partial charge on any atom is 0.226 e. The topological polar surface area (TPSA) is 61.9 Å². The van der Waals surface area contributed by atoms with Crippen molar-refractivity contribution in [3.63, 3.8) is 0 Å². The molecule has 2 amide bonds. The lowest BCUT2D eigenvalue weighted by Gasteiger charge is -2.27. The third-order valence-electron chi connectivity index (χ3n) is 4.97. The highest BCUT2D eigenvalue weighted by atomic mass is 19.1. The Labute approximate surface area is 146 Å². The third kappa shape index (κ3) is 4.16. The molecule has 0 saturated carbocycles. The fourth-order valence-corrected chi connectivity index (χ4v) is 3.51. The first-order chi connectivity index (χ1) is 12.1. The molecular weight excluding hydrogens is 325 g/mol. The van der Waals surface area contributed by atoms with Crippen molar-refractivity contribution in [2.24, 2.45) is 5.92 Å². The predicted octanol–water partition coefficient (Wildman–Crippen LogP) is 0.794. The van der Waals surface area contributed by atoms with Gasteiger partial charge in [0.2, 0.25) is 11.8 Å². The number of halogens is 1. The molecule has 0 aromatic heterocycles. The molecule has 2 fully saturated rings. The van der Waals surface area contributed by atoms with Crippen molar-refractivity contribution < 1.29 is 18.7 Å². The van der Waals surface area contributed by atoms with Crippen molar-refractivity contribution in [3.05, 3.63) is 35.6 Å². The molecule has 0 aliphatic carbocycles. The van der Waals surface area contributed by atoms with Crippen LogP contribution in [-0.4, -0.2) is 68.1 Å². The van der Waals surface area contributed by atoms with E-state index in [0.29, 0.717) is 6.54 Å². The van der Waals surface area contributed by atoms with Crippen LogP contribution in [0.15, 0.2) is 24.3 Å². The van der Waals surface area contributed by atoms with Crippen LogP contribution < -0.4 is 5.32 Å². The molecule has 2 aliphatic heterocycles. The summed E-state index contributed by atoms with van der Waals surface area (Å²) < 4.78 is 18.5. The van der Waals surface area contributed by atoms with Crippen LogP contribution in [0.2, 0.25) is 0 Å². The van der Waals surface area contributed by atoms with Crippen LogP contribution in [0.5, 0.6) is 0 Å². The van der Waals surface area contributed by atoms with Gasteiger partial charge < -0.3 is 15.0 Å².